The van der Waals surface area contributed by atoms with Crippen LogP contribution in [0.15, 0.2) is 47.3 Å². The van der Waals surface area contributed by atoms with Crippen LogP contribution >= 0.6 is 0 Å². The minimum Gasteiger partial charge on any atom is -0.454 e. The summed E-state index contributed by atoms with van der Waals surface area (Å²) >= 11 is 0. The fourth-order valence-corrected chi connectivity index (χ4v) is 1.65. The van der Waals surface area contributed by atoms with Gasteiger partial charge in [-0.05, 0) is 19.1 Å². The van der Waals surface area contributed by atoms with Gasteiger partial charge >= 0.3 is 0 Å². The summed E-state index contributed by atoms with van der Waals surface area (Å²) in [5, 5.41) is 9.17. The molecule has 0 atom stereocenters. The number of carbonyl (C=O) groups excluding carboxylic acids is 1. The Morgan fingerprint density at radius 3 is 2.75 bits per heavy atom. The van der Waals surface area contributed by atoms with Gasteiger partial charge < -0.3 is 15.4 Å². The molecule has 2 rings (SSSR count). The molecular formula is C14H12N4O2. The molecule has 0 aliphatic carbocycles. The SMILES string of the molecule is Cc1ccc(OC2=CC(=C=O)N(C)C(N)=C2C#N)cn1. The van der Waals surface area contributed by atoms with E-state index in [0.29, 0.717) is 5.75 Å². The van der Waals surface area contributed by atoms with Crippen LogP contribution in [-0.4, -0.2) is 22.9 Å². The Morgan fingerprint density at radius 1 is 1.45 bits per heavy atom. The number of nitriles is 1. The topological polar surface area (TPSA) is 92.2 Å². The Hall–Kier alpha value is -3.03. The van der Waals surface area contributed by atoms with E-state index < -0.39 is 0 Å². The van der Waals surface area contributed by atoms with Crippen molar-refractivity contribution in [3.05, 3.63) is 52.9 Å². The zero-order chi connectivity index (χ0) is 14.7. The van der Waals surface area contributed by atoms with Gasteiger partial charge in [0, 0.05) is 18.8 Å². The van der Waals surface area contributed by atoms with E-state index >= 15 is 0 Å². The van der Waals surface area contributed by atoms with E-state index in [1.54, 1.807) is 25.1 Å². The quantitative estimate of drug-likeness (QED) is 0.805. The van der Waals surface area contributed by atoms with Gasteiger partial charge in [0.15, 0.2) is 11.7 Å². The van der Waals surface area contributed by atoms with Gasteiger partial charge in [-0.3, -0.25) is 4.98 Å². The lowest BCUT2D eigenvalue weighted by Gasteiger charge is -2.24. The summed E-state index contributed by atoms with van der Waals surface area (Å²) in [6, 6.07) is 5.46. The molecule has 0 bridgehead atoms. The van der Waals surface area contributed by atoms with Crippen LogP contribution in [0, 0.1) is 18.3 Å². The van der Waals surface area contributed by atoms with E-state index in [4.69, 9.17) is 10.5 Å². The number of pyridine rings is 1. The molecule has 1 aliphatic rings. The Balaban J connectivity index is 2.41. The molecule has 100 valence electrons. The van der Waals surface area contributed by atoms with E-state index in [9.17, 15) is 10.1 Å². The minimum absolute atomic E-state index is 0.142. The van der Waals surface area contributed by atoms with E-state index in [1.807, 2.05) is 13.0 Å². The van der Waals surface area contributed by atoms with Crippen molar-refractivity contribution < 1.29 is 9.53 Å². The molecule has 20 heavy (non-hydrogen) atoms. The third kappa shape index (κ3) is 2.39. The maximum Gasteiger partial charge on any atom is 0.151 e. The molecule has 1 aromatic heterocycles. The summed E-state index contributed by atoms with van der Waals surface area (Å²) in [5.41, 5.74) is 7.01. The zero-order valence-corrected chi connectivity index (χ0v) is 11.0. The fraction of sp³-hybridized carbons (Fsp3) is 0.143. The van der Waals surface area contributed by atoms with Gasteiger partial charge in [0.25, 0.3) is 0 Å². The molecule has 0 saturated heterocycles. The molecular weight excluding hydrogens is 256 g/mol. The van der Waals surface area contributed by atoms with Gasteiger partial charge in [-0.15, -0.1) is 0 Å². The smallest absolute Gasteiger partial charge is 0.151 e. The molecule has 0 radical (unpaired) electrons. The van der Waals surface area contributed by atoms with Gasteiger partial charge in [0.2, 0.25) is 0 Å². The summed E-state index contributed by atoms with van der Waals surface area (Å²) < 4.78 is 5.58. The predicted molar refractivity (Wildman–Crippen MR) is 71.5 cm³/mol. The summed E-state index contributed by atoms with van der Waals surface area (Å²) in [6.45, 7) is 1.85. The van der Waals surface area contributed by atoms with E-state index in [2.05, 4.69) is 4.98 Å². The van der Waals surface area contributed by atoms with Crippen molar-refractivity contribution in [1.29, 1.82) is 5.26 Å². The summed E-state index contributed by atoms with van der Waals surface area (Å²) in [7, 11) is 1.58. The van der Waals surface area contributed by atoms with Gasteiger partial charge in [-0.2, -0.15) is 5.26 Å². The third-order valence-electron chi connectivity index (χ3n) is 2.82. The van der Waals surface area contributed by atoms with E-state index in [0.717, 1.165) is 5.69 Å². The molecule has 0 spiro atoms. The summed E-state index contributed by atoms with van der Waals surface area (Å²) in [5.74, 6) is 2.55. The number of allylic oxidation sites excluding steroid dienone is 2. The van der Waals surface area contributed by atoms with Crippen molar-refractivity contribution in [3.8, 4) is 11.8 Å². The molecule has 0 aromatic carbocycles. The second kappa shape index (κ2) is 5.31. The number of ether oxygens (including phenoxy) is 1. The van der Waals surface area contributed by atoms with E-state index in [-0.39, 0.29) is 22.9 Å². The standard InChI is InChI=1S/C14H12N4O2/c1-9-3-4-11(7-17-9)20-13-5-10(8-19)18(2)14(16)12(13)6-15/h3-5,7H,16H2,1-2H3. The minimum atomic E-state index is 0.142. The van der Waals surface area contributed by atoms with Gasteiger partial charge in [0.05, 0.1) is 6.20 Å². The lowest BCUT2D eigenvalue weighted by molar-refractivity contribution is 0.413. The summed E-state index contributed by atoms with van der Waals surface area (Å²) in [4.78, 5) is 16.3. The number of rotatable bonds is 2. The number of nitrogens with two attached hydrogens (primary N) is 1. The molecule has 0 saturated carbocycles. The predicted octanol–water partition coefficient (Wildman–Crippen LogP) is 1.01. The Bertz CT molecular complexity index is 689. The van der Waals surface area contributed by atoms with Crippen LogP contribution in [0.4, 0.5) is 0 Å². The third-order valence-corrected chi connectivity index (χ3v) is 2.82. The second-order valence-corrected chi connectivity index (χ2v) is 4.16. The molecule has 6 heteroatoms. The first-order chi connectivity index (χ1) is 9.56. The zero-order valence-electron chi connectivity index (χ0n) is 11.0. The fourth-order valence-electron chi connectivity index (χ4n) is 1.65. The highest BCUT2D eigenvalue weighted by Crippen LogP contribution is 2.26. The van der Waals surface area contributed by atoms with Crippen molar-refractivity contribution >= 4 is 5.94 Å². The van der Waals surface area contributed by atoms with Gasteiger partial charge in [0.1, 0.15) is 28.9 Å². The second-order valence-electron chi connectivity index (χ2n) is 4.16. The molecule has 0 amide bonds. The maximum atomic E-state index is 10.9. The normalized spacial score (nSPS) is 14.6. The number of hydrogen-bond acceptors (Lipinski definition) is 6. The van der Waals surface area contributed by atoms with Crippen LogP contribution in [0.2, 0.25) is 0 Å². The number of likely N-dealkylation sites (N-methyl/N-ethyl adjacent to an activating group) is 1. The van der Waals surface area contributed by atoms with Crippen LogP contribution in [0.25, 0.3) is 0 Å². The Morgan fingerprint density at radius 2 is 2.20 bits per heavy atom. The maximum absolute atomic E-state index is 10.9. The van der Waals surface area contributed by atoms with Crippen molar-refractivity contribution in [1.82, 2.24) is 9.88 Å². The molecule has 0 unspecified atom stereocenters. The Kier molecular flexibility index (Phi) is 3.56. The molecule has 1 aromatic rings. The van der Waals surface area contributed by atoms with Crippen molar-refractivity contribution in [3.63, 3.8) is 0 Å². The number of hydrogen-bond donors (Lipinski definition) is 1. The lowest BCUT2D eigenvalue weighted by atomic mass is 10.1. The number of aromatic nitrogens is 1. The van der Waals surface area contributed by atoms with Crippen molar-refractivity contribution in [2.24, 2.45) is 5.73 Å². The summed E-state index contributed by atoms with van der Waals surface area (Å²) in [6.07, 6.45) is 2.95. The first-order valence-corrected chi connectivity index (χ1v) is 5.78. The molecule has 2 N–H and O–H groups in total. The molecule has 6 nitrogen and oxygen atoms in total. The van der Waals surface area contributed by atoms with Crippen LogP contribution < -0.4 is 10.5 Å². The first-order valence-electron chi connectivity index (χ1n) is 5.78. The van der Waals surface area contributed by atoms with Crippen LogP contribution in [-0.2, 0) is 4.79 Å². The average Bonchev–Trinajstić information content (AvgIpc) is 2.45. The number of nitrogens with zero attached hydrogens (tertiary/aromatic N) is 3. The van der Waals surface area contributed by atoms with Gasteiger partial charge in [-0.1, -0.05) is 0 Å². The first kappa shape index (κ1) is 13.4. The highest BCUT2D eigenvalue weighted by atomic mass is 16.5. The highest BCUT2D eigenvalue weighted by Gasteiger charge is 2.23. The van der Waals surface area contributed by atoms with Crippen molar-refractivity contribution in [2.45, 2.75) is 6.92 Å². The largest absolute Gasteiger partial charge is 0.454 e. The highest BCUT2D eigenvalue weighted by molar-refractivity contribution is 5.62. The molecule has 1 aliphatic heterocycles. The van der Waals surface area contributed by atoms with Crippen molar-refractivity contribution in [2.75, 3.05) is 7.05 Å². The van der Waals surface area contributed by atoms with E-state index in [1.165, 1.54) is 17.2 Å². The van der Waals surface area contributed by atoms with Crippen LogP contribution in [0.5, 0.6) is 5.75 Å². The molecule has 0 fully saturated rings. The van der Waals surface area contributed by atoms with Crippen LogP contribution in [0.1, 0.15) is 5.69 Å². The lowest BCUT2D eigenvalue weighted by Crippen LogP contribution is -2.29. The van der Waals surface area contributed by atoms with Gasteiger partial charge in [-0.25, -0.2) is 4.79 Å². The Labute approximate surface area is 116 Å². The number of aryl methyl sites for hydroxylation is 1. The average molecular weight is 268 g/mol. The molecule has 2 heterocycles. The van der Waals surface area contributed by atoms with Crippen LogP contribution in [0.3, 0.4) is 0 Å². The monoisotopic (exact) mass is 268 g/mol.